The fourth-order valence-electron chi connectivity index (χ4n) is 0.822. The third kappa shape index (κ3) is 6.50. The van der Waals surface area contributed by atoms with Gasteiger partial charge in [0.2, 0.25) is 6.29 Å². The average molecular weight is 267 g/mol. The number of nitrogens with one attached hydrogen (secondary N) is 2. The Morgan fingerprint density at radius 2 is 1.94 bits per heavy atom. The first-order chi connectivity index (χ1) is 8.21. The van der Waals surface area contributed by atoms with Gasteiger partial charge in [0.05, 0.1) is 0 Å². The molecule has 106 valence electrons. The van der Waals surface area contributed by atoms with Gasteiger partial charge in [0.15, 0.2) is 5.91 Å². The summed E-state index contributed by atoms with van der Waals surface area (Å²) in [4.78, 5) is 23.5. The Bertz CT molecular complexity index is 293. The van der Waals surface area contributed by atoms with E-state index in [4.69, 9.17) is 33.3 Å². The molecule has 0 saturated heterocycles. The average Bonchev–Trinajstić information content (AvgIpc) is 2.30. The molecule has 0 aliphatic rings. The number of hydroxylamine groups is 1. The minimum absolute atomic E-state index is 0.447. The largest absolute Gasteiger partial charge is 0.370 e. The van der Waals surface area contributed by atoms with Crippen LogP contribution in [0.2, 0.25) is 0 Å². The van der Waals surface area contributed by atoms with Crippen LogP contribution >= 0.6 is 0 Å². The maximum Gasteiger partial charge on any atom is 0.370 e. The molecule has 0 fully saturated rings. The van der Waals surface area contributed by atoms with Crippen LogP contribution in [0.3, 0.4) is 0 Å². The molecule has 0 aromatic heterocycles. The highest BCUT2D eigenvalue weighted by molar-refractivity contribution is 6.35. The highest BCUT2D eigenvalue weighted by Gasteiger charge is 2.27. The van der Waals surface area contributed by atoms with E-state index in [1.165, 1.54) is 0 Å². The van der Waals surface area contributed by atoms with Crippen molar-refractivity contribution in [2.45, 2.75) is 24.7 Å². The van der Waals surface area contributed by atoms with Gasteiger partial charge in [0, 0.05) is 6.42 Å². The first kappa shape index (κ1) is 16.8. The monoisotopic (exact) mass is 267 g/mol. The summed E-state index contributed by atoms with van der Waals surface area (Å²) in [6, 6.07) is 0. The van der Waals surface area contributed by atoms with Crippen molar-refractivity contribution in [1.82, 2.24) is 5.48 Å². The predicted molar refractivity (Wildman–Crippen MR) is 57.2 cm³/mol. The van der Waals surface area contributed by atoms with Crippen LogP contribution < -0.4 is 34.5 Å². The lowest BCUT2D eigenvalue weighted by Gasteiger charge is -2.26. The molecule has 0 aliphatic carbocycles. The number of rotatable bonds is 8. The summed E-state index contributed by atoms with van der Waals surface area (Å²) >= 11 is 0. The SMILES string of the molecule is N=C(C[C@H](ONC(N)(N)N)C(O)ON)C(=O)ON. The Balaban J connectivity index is 4.50. The lowest BCUT2D eigenvalue weighted by atomic mass is 10.1. The normalized spacial score (nSPS) is 15.0. The van der Waals surface area contributed by atoms with Crippen LogP contribution in [0.25, 0.3) is 0 Å². The van der Waals surface area contributed by atoms with E-state index in [0.29, 0.717) is 0 Å². The maximum atomic E-state index is 10.9. The quantitative estimate of drug-likeness (QED) is 0.118. The standard InChI is InChI=1S/C6H17N7O5/c7-2(4(14)16-11)1-3(5(15)17-12)18-13-6(8,9)10/h3,5,7,13,15H,1,8-12H2/t3-,5?/m0/s1. The molecule has 0 aliphatic heterocycles. The van der Waals surface area contributed by atoms with Crippen molar-refractivity contribution in [2.75, 3.05) is 0 Å². The van der Waals surface area contributed by atoms with Gasteiger partial charge in [-0.1, -0.05) is 0 Å². The van der Waals surface area contributed by atoms with E-state index in [9.17, 15) is 9.90 Å². The second-order valence-electron chi connectivity index (χ2n) is 3.31. The molecule has 0 bridgehead atoms. The summed E-state index contributed by atoms with van der Waals surface area (Å²) in [6.45, 7) is 0. The minimum Gasteiger partial charge on any atom is -0.369 e. The van der Waals surface area contributed by atoms with Gasteiger partial charge in [-0.25, -0.2) is 10.7 Å². The topological polar surface area (TPSA) is 231 Å². The van der Waals surface area contributed by atoms with Crippen molar-refractivity contribution < 1.29 is 24.4 Å². The van der Waals surface area contributed by atoms with Gasteiger partial charge >= 0.3 is 5.97 Å². The molecule has 0 saturated carbocycles. The van der Waals surface area contributed by atoms with Crippen LogP contribution in [0.4, 0.5) is 0 Å². The van der Waals surface area contributed by atoms with E-state index in [1.807, 2.05) is 5.48 Å². The lowest BCUT2D eigenvalue weighted by molar-refractivity contribution is -0.207. The molecular weight excluding hydrogens is 250 g/mol. The molecule has 13 N–H and O–H groups in total. The Morgan fingerprint density at radius 3 is 2.33 bits per heavy atom. The third-order valence-electron chi connectivity index (χ3n) is 1.60. The zero-order valence-electron chi connectivity index (χ0n) is 9.33. The Morgan fingerprint density at radius 1 is 1.39 bits per heavy atom. The molecule has 0 aromatic rings. The fraction of sp³-hybridized carbons (Fsp3) is 0.667. The highest BCUT2D eigenvalue weighted by Crippen LogP contribution is 2.05. The zero-order chi connectivity index (χ0) is 14.3. The Labute approximate surface area is 102 Å². The Kier molecular flexibility index (Phi) is 6.77. The molecule has 0 heterocycles. The van der Waals surface area contributed by atoms with Gasteiger partial charge < -0.3 is 9.94 Å². The molecule has 0 aromatic carbocycles. The molecule has 2 atom stereocenters. The molecular formula is C6H17N7O5. The number of hydrogen-bond acceptors (Lipinski definition) is 12. The van der Waals surface area contributed by atoms with E-state index in [1.54, 1.807) is 0 Å². The number of nitrogens with two attached hydrogens (primary N) is 5. The highest BCUT2D eigenvalue weighted by atomic mass is 16.7. The summed E-state index contributed by atoms with van der Waals surface area (Å²) in [6.07, 6.45) is -3.42. The number of aliphatic hydroxyl groups excluding tert-OH is 1. The second kappa shape index (κ2) is 7.27. The van der Waals surface area contributed by atoms with E-state index in [-0.39, 0.29) is 0 Å². The van der Waals surface area contributed by atoms with Crippen LogP contribution in [0.1, 0.15) is 6.42 Å². The molecule has 0 amide bonds. The van der Waals surface area contributed by atoms with Crippen molar-refractivity contribution in [3.05, 3.63) is 0 Å². The molecule has 18 heavy (non-hydrogen) atoms. The first-order valence-corrected chi connectivity index (χ1v) is 4.52. The summed E-state index contributed by atoms with van der Waals surface area (Å²) < 4.78 is 0. The number of carbonyl (C=O) groups excluding carboxylic acids is 1. The van der Waals surface area contributed by atoms with Gasteiger partial charge in [0.1, 0.15) is 11.8 Å². The van der Waals surface area contributed by atoms with Crippen LogP contribution in [0.5, 0.6) is 0 Å². The van der Waals surface area contributed by atoms with Crippen molar-refractivity contribution >= 4 is 11.7 Å². The van der Waals surface area contributed by atoms with Gasteiger partial charge in [-0.15, -0.1) is 0 Å². The van der Waals surface area contributed by atoms with E-state index in [2.05, 4.69) is 15.6 Å². The van der Waals surface area contributed by atoms with E-state index >= 15 is 0 Å². The first-order valence-electron chi connectivity index (χ1n) is 4.52. The number of hydrogen-bond donors (Lipinski definition) is 8. The van der Waals surface area contributed by atoms with Crippen molar-refractivity contribution in [3.8, 4) is 0 Å². The van der Waals surface area contributed by atoms with Crippen molar-refractivity contribution in [1.29, 1.82) is 5.41 Å². The summed E-state index contributed by atoms with van der Waals surface area (Å²) in [5, 5.41) is 16.6. The second-order valence-corrected chi connectivity index (χ2v) is 3.31. The van der Waals surface area contributed by atoms with Crippen molar-refractivity contribution in [3.63, 3.8) is 0 Å². The van der Waals surface area contributed by atoms with Crippen LogP contribution in [-0.4, -0.2) is 35.1 Å². The lowest BCUT2D eigenvalue weighted by Crippen LogP contribution is -2.69. The summed E-state index contributed by atoms with van der Waals surface area (Å²) in [5.41, 5.74) is 16.8. The molecule has 12 heteroatoms. The van der Waals surface area contributed by atoms with Gasteiger partial charge in [-0.2, -0.15) is 11.4 Å². The van der Waals surface area contributed by atoms with Crippen LogP contribution in [0, 0.1) is 5.41 Å². The van der Waals surface area contributed by atoms with Crippen LogP contribution in [0.15, 0.2) is 0 Å². The molecule has 0 rings (SSSR count). The molecule has 0 radical (unpaired) electrons. The van der Waals surface area contributed by atoms with E-state index < -0.39 is 36.4 Å². The van der Waals surface area contributed by atoms with Crippen LogP contribution in [-0.2, 0) is 19.3 Å². The van der Waals surface area contributed by atoms with Gasteiger partial charge in [0.25, 0.3) is 0 Å². The maximum absolute atomic E-state index is 10.9. The summed E-state index contributed by atoms with van der Waals surface area (Å²) in [5.74, 6) is 6.29. The van der Waals surface area contributed by atoms with Crippen molar-refractivity contribution in [2.24, 2.45) is 29.0 Å². The minimum atomic E-state index is -1.90. The smallest absolute Gasteiger partial charge is 0.369 e. The Hall–Kier alpha value is -1.22. The number of carbonyl (C=O) groups is 1. The summed E-state index contributed by atoms with van der Waals surface area (Å²) in [7, 11) is 0. The predicted octanol–water partition coefficient (Wildman–Crippen LogP) is -4.60. The molecule has 1 unspecified atom stereocenters. The molecule has 0 spiro atoms. The van der Waals surface area contributed by atoms with Gasteiger partial charge in [-0.05, 0) is 0 Å². The number of aliphatic hydroxyl groups is 1. The van der Waals surface area contributed by atoms with Gasteiger partial charge in [-0.3, -0.25) is 32.3 Å². The fourth-order valence-corrected chi connectivity index (χ4v) is 0.822. The van der Waals surface area contributed by atoms with E-state index in [0.717, 1.165) is 0 Å². The molecule has 12 nitrogen and oxygen atoms in total. The zero-order valence-corrected chi connectivity index (χ0v) is 9.33. The third-order valence-corrected chi connectivity index (χ3v) is 1.60.